The summed E-state index contributed by atoms with van der Waals surface area (Å²) in [5, 5.41) is 8.00. The molecule has 0 aliphatic heterocycles. The highest BCUT2D eigenvalue weighted by Crippen LogP contribution is 2.25. The van der Waals surface area contributed by atoms with Crippen molar-refractivity contribution in [2.24, 2.45) is 5.14 Å². The number of carbonyl (C=O) groups excluding carboxylic acids is 1. The Morgan fingerprint density at radius 2 is 1.87 bits per heavy atom. The van der Waals surface area contributed by atoms with Gasteiger partial charge >= 0.3 is 0 Å². The van der Waals surface area contributed by atoms with Crippen molar-refractivity contribution in [2.75, 3.05) is 11.9 Å². The lowest BCUT2D eigenvalue weighted by Crippen LogP contribution is -2.20. The van der Waals surface area contributed by atoms with Crippen LogP contribution in [0.15, 0.2) is 47.4 Å². The molecule has 2 aromatic rings. The number of carbonyl (C=O) groups is 1. The van der Waals surface area contributed by atoms with Crippen LogP contribution in [-0.2, 0) is 14.8 Å². The predicted molar refractivity (Wildman–Crippen MR) is 88.1 cm³/mol. The molecule has 2 rings (SSSR count). The Kier molecular flexibility index (Phi) is 5.25. The molecular weight excluding hydrogens is 340 g/mol. The standard InChI is InChI=1S/C15H15ClN2O4S/c1-10-2-7-13(16)14(8-10)22-9-15(19)18-11-3-5-12(6-4-11)23(17,20)21/h2-8H,9H2,1H3,(H,18,19)(H2,17,20,21). The molecule has 122 valence electrons. The Hall–Kier alpha value is -2.09. The van der Waals surface area contributed by atoms with Gasteiger partial charge in [0.15, 0.2) is 6.61 Å². The molecule has 0 aliphatic rings. The van der Waals surface area contributed by atoms with Crippen LogP contribution in [0.25, 0.3) is 0 Å². The first-order chi connectivity index (χ1) is 10.8. The molecule has 2 aromatic carbocycles. The molecule has 0 saturated carbocycles. The summed E-state index contributed by atoms with van der Waals surface area (Å²) in [5.41, 5.74) is 1.39. The van der Waals surface area contributed by atoms with Gasteiger partial charge in [-0.1, -0.05) is 17.7 Å². The van der Waals surface area contributed by atoms with Crippen molar-refractivity contribution in [1.29, 1.82) is 0 Å². The lowest BCUT2D eigenvalue weighted by molar-refractivity contribution is -0.118. The maximum absolute atomic E-state index is 11.8. The van der Waals surface area contributed by atoms with E-state index in [1.807, 2.05) is 13.0 Å². The quantitative estimate of drug-likeness (QED) is 0.860. The molecule has 1 amide bonds. The van der Waals surface area contributed by atoms with Crippen LogP contribution < -0.4 is 15.2 Å². The van der Waals surface area contributed by atoms with E-state index in [9.17, 15) is 13.2 Å². The van der Waals surface area contributed by atoms with Gasteiger partial charge in [0.05, 0.1) is 9.92 Å². The van der Waals surface area contributed by atoms with Crippen LogP contribution in [0.5, 0.6) is 5.75 Å². The number of hydrogen-bond acceptors (Lipinski definition) is 4. The van der Waals surface area contributed by atoms with E-state index < -0.39 is 15.9 Å². The smallest absolute Gasteiger partial charge is 0.262 e. The lowest BCUT2D eigenvalue weighted by atomic mass is 10.2. The number of benzene rings is 2. The molecule has 0 saturated heterocycles. The summed E-state index contributed by atoms with van der Waals surface area (Å²) in [6.45, 7) is 1.66. The Labute approximate surface area is 139 Å². The van der Waals surface area contributed by atoms with Crippen molar-refractivity contribution in [3.8, 4) is 5.75 Å². The summed E-state index contributed by atoms with van der Waals surface area (Å²) < 4.78 is 27.7. The third-order valence-electron chi connectivity index (χ3n) is 2.91. The number of primary sulfonamides is 1. The minimum Gasteiger partial charge on any atom is -0.482 e. The van der Waals surface area contributed by atoms with Crippen molar-refractivity contribution >= 4 is 33.2 Å². The fraction of sp³-hybridized carbons (Fsp3) is 0.133. The molecule has 0 aromatic heterocycles. The molecule has 6 nitrogen and oxygen atoms in total. The third kappa shape index (κ3) is 4.95. The molecule has 23 heavy (non-hydrogen) atoms. The van der Waals surface area contributed by atoms with E-state index in [1.165, 1.54) is 24.3 Å². The van der Waals surface area contributed by atoms with Crippen molar-refractivity contribution < 1.29 is 17.9 Å². The van der Waals surface area contributed by atoms with Crippen LogP contribution in [0.4, 0.5) is 5.69 Å². The first kappa shape index (κ1) is 17.3. The van der Waals surface area contributed by atoms with E-state index >= 15 is 0 Å². The molecule has 0 heterocycles. The highest BCUT2D eigenvalue weighted by molar-refractivity contribution is 7.89. The summed E-state index contributed by atoms with van der Waals surface area (Å²) in [6.07, 6.45) is 0. The SMILES string of the molecule is Cc1ccc(Cl)c(OCC(=O)Nc2ccc(S(N)(=O)=O)cc2)c1. The largest absolute Gasteiger partial charge is 0.482 e. The first-order valence-corrected chi connectivity index (χ1v) is 8.50. The van der Waals surface area contributed by atoms with Crippen LogP contribution in [0.1, 0.15) is 5.56 Å². The van der Waals surface area contributed by atoms with Gasteiger partial charge in [-0.15, -0.1) is 0 Å². The van der Waals surface area contributed by atoms with Crippen LogP contribution in [-0.4, -0.2) is 20.9 Å². The fourth-order valence-corrected chi connectivity index (χ4v) is 2.48. The van der Waals surface area contributed by atoms with Gasteiger partial charge in [0, 0.05) is 5.69 Å². The third-order valence-corrected chi connectivity index (χ3v) is 4.15. The van der Waals surface area contributed by atoms with Crippen LogP contribution in [0.2, 0.25) is 5.02 Å². The zero-order chi connectivity index (χ0) is 17.0. The highest BCUT2D eigenvalue weighted by Gasteiger charge is 2.09. The van der Waals surface area contributed by atoms with Gasteiger partial charge in [-0.25, -0.2) is 13.6 Å². The highest BCUT2D eigenvalue weighted by atomic mass is 35.5. The number of halogens is 1. The Balaban J connectivity index is 1.96. The van der Waals surface area contributed by atoms with Crippen molar-refractivity contribution in [3.63, 3.8) is 0 Å². The second-order valence-corrected chi connectivity index (χ2v) is 6.81. The number of sulfonamides is 1. The van der Waals surface area contributed by atoms with E-state index in [0.29, 0.717) is 16.5 Å². The van der Waals surface area contributed by atoms with Crippen LogP contribution >= 0.6 is 11.6 Å². The number of hydrogen-bond donors (Lipinski definition) is 2. The van der Waals surface area contributed by atoms with Gasteiger partial charge in [-0.2, -0.15) is 0 Å². The lowest BCUT2D eigenvalue weighted by Gasteiger charge is -2.09. The maximum atomic E-state index is 11.8. The number of ether oxygens (including phenoxy) is 1. The summed E-state index contributed by atoms with van der Waals surface area (Å²) in [6, 6.07) is 10.8. The predicted octanol–water partition coefficient (Wildman–Crippen LogP) is 2.31. The maximum Gasteiger partial charge on any atom is 0.262 e. The van der Waals surface area contributed by atoms with Crippen molar-refractivity contribution in [1.82, 2.24) is 0 Å². The van der Waals surface area contributed by atoms with Gasteiger partial charge in [0.25, 0.3) is 5.91 Å². The van der Waals surface area contributed by atoms with E-state index in [-0.39, 0.29) is 11.5 Å². The summed E-state index contributed by atoms with van der Waals surface area (Å²) >= 11 is 5.97. The molecule has 0 aliphatic carbocycles. The second-order valence-electron chi connectivity index (χ2n) is 4.84. The first-order valence-electron chi connectivity index (χ1n) is 6.57. The molecule has 8 heteroatoms. The Morgan fingerprint density at radius 1 is 1.22 bits per heavy atom. The van der Waals surface area contributed by atoms with Crippen molar-refractivity contribution in [2.45, 2.75) is 11.8 Å². The van der Waals surface area contributed by atoms with Gasteiger partial charge in [-0.3, -0.25) is 4.79 Å². The number of nitrogens with one attached hydrogen (secondary N) is 1. The molecule has 0 fully saturated rings. The molecule has 0 bridgehead atoms. The Bertz CT molecular complexity index is 820. The van der Waals surface area contributed by atoms with Gasteiger partial charge in [-0.05, 0) is 48.9 Å². The normalized spacial score (nSPS) is 11.1. The second kappa shape index (κ2) is 6.99. The van der Waals surface area contributed by atoms with Gasteiger partial charge in [0.1, 0.15) is 5.75 Å². The average molecular weight is 355 g/mol. The van der Waals surface area contributed by atoms with E-state index in [2.05, 4.69) is 5.32 Å². The zero-order valence-corrected chi connectivity index (χ0v) is 13.8. The van der Waals surface area contributed by atoms with Crippen LogP contribution in [0.3, 0.4) is 0 Å². The number of anilines is 1. The monoisotopic (exact) mass is 354 g/mol. The van der Waals surface area contributed by atoms with E-state index in [0.717, 1.165) is 5.56 Å². The minimum absolute atomic E-state index is 0.0294. The summed E-state index contributed by atoms with van der Waals surface area (Å²) in [5.74, 6) is 0.0253. The number of amides is 1. The van der Waals surface area contributed by atoms with Crippen molar-refractivity contribution in [3.05, 3.63) is 53.1 Å². The fourth-order valence-electron chi connectivity index (χ4n) is 1.79. The summed E-state index contributed by atoms with van der Waals surface area (Å²) in [7, 11) is -3.76. The van der Waals surface area contributed by atoms with E-state index in [4.69, 9.17) is 21.5 Å². The molecule has 0 radical (unpaired) electrons. The minimum atomic E-state index is -3.76. The molecule has 0 atom stereocenters. The average Bonchev–Trinajstić information content (AvgIpc) is 2.48. The van der Waals surface area contributed by atoms with Gasteiger partial charge in [0.2, 0.25) is 10.0 Å². The molecule has 0 spiro atoms. The molecule has 3 N–H and O–H groups in total. The molecule has 0 unspecified atom stereocenters. The number of rotatable bonds is 5. The molecular formula is C15H15ClN2O4S. The van der Waals surface area contributed by atoms with Gasteiger partial charge < -0.3 is 10.1 Å². The number of nitrogens with two attached hydrogens (primary N) is 1. The van der Waals surface area contributed by atoms with E-state index in [1.54, 1.807) is 12.1 Å². The Morgan fingerprint density at radius 3 is 2.48 bits per heavy atom. The topological polar surface area (TPSA) is 98.5 Å². The zero-order valence-electron chi connectivity index (χ0n) is 12.2. The summed E-state index contributed by atoms with van der Waals surface area (Å²) in [4.78, 5) is 11.8. The number of aryl methyl sites for hydroxylation is 1. The van der Waals surface area contributed by atoms with Crippen LogP contribution in [0, 0.1) is 6.92 Å².